The molecule has 29 heavy (non-hydrogen) atoms. The fraction of sp³-hybridized carbons (Fsp3) is 0.0909. The molecule has 0 saturated heterocycles. The number of hydrogen-bond acceptors (Lipinski definition) is 4. The highest BCUT2D eigenvalue weighted by atomic mass is 16.6. The summed E-state index contributed by atoms with van der Waals surface area (Å²) in [6, 6.07) is 22.7. The molecule has 7 nitrogen and oxygen atoms in total. The van der Waals surface area contributed by atoms with E-state index >= 15 is 0 Å². The Labute approximate surface area is 167 Å². The molecule has 0 bridgehead atoms. The van der Waals surface area contributed by atoms with Crippen molar-refractivity contribution in [2.24, 2.45) is 0 Å². The van der Waals surface area contributed by atoms with Crippen LogP contribution in [0, 0.1) is 10.1 Å². The van der Waals surface area contributed by atoms with Crippen LogP contribution in [0.2, 0.25) is 0 Å². The van der Waals surface area contributed by atoms with Gasteiger partial charge in [-0.1, -0.05) is 54.6 Å². The maximum Gasteiger partial charge on any atom is 0.271 e. The average Bonchev–Trinajstić information content (AvgIpc) is 2.74. The molecule has 0 fully saturated rings. The van der Waals surface area contributed by atoms with Crippen molar-refractivity contribution < 1.29 is 14.5 Å². The summed E-state index contributed by atoms with van der Waals surface area (Å²) < 4.78 is 0. The van der Waals surface area contributed by atoms with Crippen LogP contribution in [0.1, 0.15) is 15.9 Å². The highest BCUT2D eigenvalue weighted by Gasteiger charge is 2.22. The van der Waals surface area contributed by atoms with Crippen LogP contribution in [0.3, 0.4) is 0 Å². The second-order valence-corrected chi connectivity index (χ2v) is 6.38. The Morgan fingerprint density at radius 3 is 2.21 bits per heavy atom. The van der Waals surface area contributed by atoms with Gasteiger partial charge in [0, 0.05) is 29.8 Å². The number of hydrogen-bond donors (Lipinski definition) is 2. The predicted molar refractivity (Wildman–Crippen MR) is 110 cm³/mol. The number of carbonyl (C=O) groups excluding carboxylic acids is 2. The van der Waals surface area contributed by atoms with Gasteiger partial charge in [0.1, 0.15) is 6.04 Å². The predicted octanol–water partition coefficient (Wildman–Crippen LogP) is 3.57. The van der Waals surface area contributed by atoms with Crippen molar-refractivity contribution in [3.63, 3.8) is 0 Å². The van der Waals surface area contributed by atoms with E-state index in [2.05, 4.69) is 10.6 Å². The molecule has 0 spiro atoms. The van der Waals surface area contributed by atoms with Crippen molar-refractivity contribution in [1.29, 1.82) is 0 Å². The van der Waals surface area contributed by atoms with Crippen LogP contribution in [0.15, 0.2) is 84.9 Å². The molecule has 3 aromatic rings. The lowest BCUT2D eigenvalue weighted by atomic mass is 10.0. The smallest absolute Gasteiger partial charge is 0.271 e. The number of nitro benzene ring substituents is 1. The van der Waals surface area contributed by atoms with Crippen molar-refractivity contribution >= 4 is 23.2 Å². The molecule has 0 radical (unpaired) electrons. The Bertz CT molecular complexity index is 1010. The Morgan fingerprint density at radius 1 is 0.897 bits per heavy atom. The van der Waals surface area contributed by atoms with E-state index in [4.69, 9.17) is 0 Å². The lowest BCUT2D eigenvalue weighted by molar-refractivity contribution is -0.384. The van der Waals surface area contributed by atoms with E-state index in [9.17, 15) is 19.7 Å². The van der Waals surface area contributed by atoms with E-state index in [0.717, 1.165) is 5.56 Å². The first-order valence-electron chi connectivity index (χ1n) is 8.98. The molecule has 0 aromatic heterocycles. The van der Waals surface area contributed by atoms with Crippen LogP contribution in [0.5, 0.6) is 0 Å². The molecular formula is C22H19N3O4. The fourth-order valence-corrected chi connectivity index (χ4v) is 2.82. The molecule has 0 aliphatic rings. The topological polar surface area (TPSA) is 101 Å². The van der Waals surface area contributed by atoms with E-state index in [1.807, 2.05) is 30.3 Å². The first-order valence-corrected chi connectivity index (χ1v) is 8.98. The lowest BCUT2D eigenvalue weighted by Gasteiger charge is -2.19. The van der Waals surface area contributed by atoms with Gasteiger partial charge in [-0.05, 0) is 23.8 Å². The number of rotatable bonds is 7. The highest BCUT2D eigenvalue weighted by molar-refractivity contribution is 6.01. The normalized spacial score (nSPS) is 11.3. The second-order valence-electron chi connectivity index (χ2n) is 6.38. The average molecular weight is 389 g/mol. The minimum Gasteiger partial charge on any atom is -0.340 e. The van der Waals surface area contributed by atoms with Crippen molar-refractivity contribution in [3.05, 3.63) is 106 Å². The summed E-state index contributed by atoms with van der Waals surface area (Å²) in [4.78, 5) is 35.9. The second kappa shape index (κ2) is 9.27. The highest BCUT2D eigenvalue weighted by Crippen LogP contribution is 2.17. The SMILES string of the molecule is O=C(NC(Cc1ccccc1)C(=O)Nc1cccc([N+](=O)[O-])c1)c1ccccc1. The van der Waals surface area contributed by atoms with Crippen LogP contribution in [-0.4, -0.2) is 22.8 Å². The summed E-state index contributed by atoms with van der Waals surface area (Å²) in [6.45, 7) is 0. The van der Waals surface area contributed by atoms with Gasteiger partial charge in [0.15, 0.2) is 0 Å². The number of anilines is 1. The van der Waals surface area contributed by atoms with E-state index in [1.54, 1.807) is 36.4 Å². The van der Waals surface area contributed by atoms with Gasteiger partial charge in [-0.15, -0.1) is 0 Å². The van der Waals surface area contributed by atoms with E-state index < -0.39 is 16.9 Å². The molecule has 1 unspecified atom stereocenters. The molecule has 2 amide bonds. The number of nitrogens with zero attached hydrogens (tertiary/aromatic N) is 1. The number of nitrogens with one attached hydrogen (secondary N) is 2. The monoisotopic (exact) mass is 389 g/mol. The van der Waals surface area contributed by atoms with Gasteiger partial charge < -0.3 is 10.6 Å². The molecule has 0 saturated carbocycles. The van der Waals surface area contributed by atoms with Crippen LogP contribution in [0.4, 0.5) is 11.4 Å². The minimum absolute atomic E-state index is 0.129. The summed E-state index contributed by atoms with van der Waals surface area (Å²) in [5.74, 6) is -0.834. The molecule has 0 aliphatic heterocycles. The largest absolute Gasteiger partial charge is 0.340 e. The maximum absolute atomic E-state index is 12.9. The number of nitro groups is 1. The zero-order valence-electron chi connectivity index (χ0n) is 15.4. The van der Waals surface area contributed by atoms with Crippen molar-refractivity contribution in [3.8, 4) is 0 Å². The van der Waals surface area contributed by atoms with Gasteiger partial charge in [0.2, 0.25) is 5.91 Å². The molecule has 0 aliphatic carbocycles. The molecule has 7 heteroatoms. The molecule has 1 atom stereocenters. The summed E-state index contributed by atoms with van der Waals surface area (Å²) in [6.07, 6.45) is 0.278. The van der Waals surface area contributed by atoms with Gasteiger partial charge in [0.05, 0.1) is 4.92 Å². The van der Waals surface area contributed by atoms with Crippen LogP contribution >= 0.6 is 0 Å². The van der Waals surface area contributed by atoms with Gasteiger partial charge in [-0.2, -0.15) is 0 Å². The van der Waals surface area contributed by atoms with E-state index in [-0.39, 0.29) is 23.7 Å². The van der Waals surface area contributed by atoms with Crippen molar-refractivity contribution in [1.82, 2.24) is 5.32 Å². The zero-order chi connectivity index (χ0) is 20.6. The summed E-state index contributed by atoms with van der Waals surface area (Å²) in [5, 5.41) is 16.4. The van der Waals surface area contributed by atoms with Gasteiger partial charge in [-0.3, -0.25) is 19.7 Å². The zero-order valence-corrected chi connectivity index (χ0v) is 15.4. The Hall–Kier alpha value is -4.00. The van der Waals surface area contributed by atoms with Crippen LogP contribution in [0.25, 0.3) is 0 Å². The number of benzene rings is 3. The van der Waals surface area contributed by atoms with Gasteiger partial charge in [-0.25, -0.2) is 0 Å². The summed E-state index contributed by atoms with van der Waals surface area (Å²) in [7, 11) is 0. The summed E-state index contributed by atoms with van der Waals surface area (Å²) in [5.41, 5.74) is 1.47. The van der Waals surface area contributed by atoms with E-state index in [0.29, 0.717) is 5.56 Å². The molecule has 2 N–H and O–H groups in total. The third kappa shape index (κ3) is 5.49. The molecule has 146 valence electrons. The first-order chi connectivity index (χ1) is 14.0. The van der Waals surface area contributed by atoms with E-state index in [1.165, 1.54) is 18.2 Å². The molecular weight excluding hydrogens is 370 g/mol. The number of carbonyl (C=O) groups is 2. The number of non-ortho nitro benzene ring substituents is 1. The third-order valence-corrected chi connectivity index (χ3v) is 4.26. The quantitative estimate of drug-likeness (QED) is 0.476. The first kappa shape index (κ1) is 19.8. The van der Waals surface area contributed by atoms with Gasteiger partial charge >= 0.3 is 0 Å². The molecule has 3 aromatic carbocycles. The molecule has 3 rings (SSSR count). The minimum atomic E-state index is -0.857. The standard InChI is InChI=1S/C22H19N3O4/c26-21(17-10-5-2-6-11-17)24-20(14-16-8-3-1-4-9-16)22(27)23-18-12-7-13-19(15-18)25(28)29/h1-13,15,20H,14H2,(H,23,27)(H,24,26). The maximum atomic E-state index is 12.9. The Balaban J connectivity index is 1.79. The number of amides is 2. The lowest BCUT2D eigenvalue weighted by Crippen LogP contribution is -2.45. The molecule has 0 heterocycles. The van der Waals surface area contributed by atoms with Crippen LogP contribution in [-0.2, 0) is 11.2 Å². The van der Waals surface area contributed by atoms with Crippen LogP contribution < -0.4 is 10.6 Å². The summed E-state index contributed by atoms with van der Waals surface area (Å²) >= 11 is 0. The third-order valence-electron chi connectivity index (χ3n) is 4.26. The fourth-order valence-electron chi connectivity index (χ4n) is 2.82. The Morgan fingerprint density at radius 2 is 1.55 bits per heavy atom. The Kier molecular flexibility index (Phi) is 6.32. The van der Waals surface area contributed by atoms with Gasteiger partial charge in [0.25, 0.3) is 11.6 Å². The van der Waals surface area contributed by atoms with Crippen molar-refractivity contribution in [2.45, 2.75) is 12.5 Å². The van der Waals surface area contributed by atoms with Crippen molar-refractivity contribution in [2.75, 3.05) is 5.32 Å².